The first-order valence-electron chi connectivity index (χ1n) is 8.62. The SMILES string of the molecule is O=c1ccc2c(n1Cc1cccnc1)CCN(CC1CC1)CC2. The molecule has 2 aromatic heterocycles. The Kier molecular flexibility index (Phi) is 4.00. The van der Waals surface area contributed by atoms with Crippen molar-refractivity contribution >= 4 is 0 Å². The molecule has 0 unspecified atom stereocenters. The highest BCUT2D eigenvalue weighted by atomic mass is 16.1. The molecule has 3 heterocycles. The summed E-state index contributed by atoms with van der Waals surface area (Å²) >= 11 is 0. The lowest BCUT2D eigenvalue weighted by atomic mass is 10.1. The van der Waals surface area contributed by atoms with Gasteiger partial charge in [-0.2, -0.15) is 0 Å². The van der Waals surface area contributed by atoms with Crippen LogP contribution in [0.15, 0.2) is 41.5 Å². The third kappa shape index (κ3) is 3.37. The van der Waals surface area contributed by atoms with Crippen molar-refractivity contribution in [2.45, 2.75) is 32.2 Å². The van der Waals surface area contributed by atoms with Gasteiger partial charge in [0.2, 0.25) is 0 Å². The standard InChI is InChI=1S/C19H23N3O/c23-19-6-5-17-7-10-21(13-15-3-4-15)11-8-18(17)22(19)14-16-2-1-9-20-12-16/h1-2,5-6,9,12,15H,3-4,7-8,10-11,13-14H2. The van der Waals surface area contributed by atoms with E-state index in [0.717, 1.165) is 37.4 Å². The zero-order chi connectivity index (χ0) is 15.6. The van der Waals surface area contributed by atoms with Gasteiger partial charge in [0.25, 0.3) is 5.56 Å². The third-order valence-corrected chi connectivity index (χ3v) is 5.03. The quantitative estimate of drug-likeness (QED) is 0.868. The Hall–Kier alpha value is -1.94. The minimum absolute atomic E-state index is 0.100. The fraction of sp³-hybridized carbons (Fsp3) is 0.474. The highest BCUT2D eigenvalue weighted by Crippen LogP contribution is 2.30. The highest BCUT2D eigenvalue weighted by molar-refractivity contribution is 5.25. The van der Waals surface area contributed by atoms with Gasteiger partial charge in [0.05, 0.1) is 6.54 Å². The average molecular weight is 309 g/mol. The first kappa shape index (κ1) is 14.6. The number of hydrogen-bond acceptors (Lipinski definition) is 3. The maximum atomic E-state index is 12.4. The minimum Gasteiger partial charge on any atom is -0.308 e. The van der Waals surface area contributed by atoms with Crippen molar-refractivity contribution in [1.29, 1.82) is 0 Å². The van der Waals surface area contributed by atoms with Gasteiger partial charge in [-0.05, 0) is 42.4 Å². The van der Waals surface area contributed by atoms with Crippen molar-refractivity contribution in [3.63, 3.8) is 0 Å². The van der Waals surface area contributed by atoms with Crippen LogP contribution in [0.2, 0.25) is 0 Å². The van der Waals surface area contributed by atoms with E-state index in [9.17, 15) is 4.79 Å². The van der Waals surface area contributed by atoms with Crippen molar-refractivity contribution in [2.75, 3.05) is 19.6 Å². The molecule has 0 bridgehead atoms. The molecule has 0 atom stereocenters. The molecule has 0 N–H and O–H groups in total. The summed E-state index contributed by atoms with van der Waals surface area (Å²) < 4.78 is 1.95. The summed E-state index contributed by atoms with van der Waals surface area (Å²) in [6.45, 7) is 4.05. The van der Waals surface area contributed by atoms with Gasteiger partial charge in [-0.1, -0.05) is 12.1 Å². The van der Waals surface area contributed by atoms with Gasteiger partial charge in [-0.15, -0.1) is 0 Å². The van der Waals surface area contributed by atoms with Gasteiger partial charge >= 0.3 is 0 Å². The van der Waals surface area contributed by atoms with Gasteiger partial charge in [0.1, 0.15) is 0 Å². The van der Waals surface area contributed by atoms with Gasteiger partial charge < -0.3 is 9.47 Å². The van der Waals surface area contributed by atoms with Gasteiger partial charge in [-0.3, -0.25) is 9.78 Å². The summed E-state index contributed by atoms with van der Waals surface area (Å²) in [5, 5.41) is 0. The molecule has 4 nitrogen and oxygen atoms in total. The lowest BCUT2D eigenvalue weighted by Crippen LogP contribution is -2.29. The van der Waals surface area contributed by atoms with Crippen LogP contribution >= 0.6 is 0 Å². The molecule has 1 aliphatic carbocycles. The summed E-state index contributed by atoms with van der Waals surface area (Å²) in [7, 11) is 0. The second-order valence-corrected chi connectivity index (χ2v) is 6.83. The first-order valence-corrected chi connectivity index (χ1v) is 8.62. The van der Waals surface area contributed by atoms with Crippen LogP contribution in [-0.4, -0.2) is 34.1 Å². The molecule has 2 aliphatic rings. The molecular formula is C19H23N3O. The first-order chi connectivity index (χ1) is 11.3. The van der Waals surface area contributed by atoms with Crippen LogP contribution < -0.4 is 5.56 Å². The van der Waals surface area contributed by atoms with E-state index in [1.165, 1.54) is 30.6 Å². The van der Waals surface area contributed by atoms with E-state index in [-0.39, 0.29) is 5.56 Å². The van der Waals surface area contributed by atoms with Crippen molar-refractivity contribution in [3.05, 3.63) is 63.8 Å². The zero-order valence-corrected chi connectivity index (χ0v) is 13.4. The minimum atomic E-state index is 0.100. The number of nitrogens with zero attached hydrogens (tertiary/aromatic N) is 3. The average Bonchev–Trinajstić information content (AvgIpc) is 3.40. The number of pyridine rings is 2. The second kappa shape index (κ2) is 6.28. The van der Waals surface area contributed by atoms with Gasteiger partial charge in [0.15, 0.2) is 0 Å². The van der Waals surface area contributed by atoms with E-state index in [1.807, 2.05) is 29.0 Å². The number of fused-ring (bicyclic) bond motifs is 1. The molecule has 0 amide bonds. The number of aromatic nitrogens is 2. The van der Waals surface area contributed by atoms with Gasteiger partial charge in [0, 0.05) is 50.2 Å². The maximum absolute atomic E-state index is 12.4. The van der Waals surface area contributed by atoms with Gasteiger partial charge in [-0.25, -0.2) is 0 Å². The van der Waals surface area contributed by atoms with E-state index in [0.29, 0.717) is 6.54 Å². The normalized spacial score (nSPS) is 18.4. The van der Waals surface area contributed by atoms with Crippen LogP contribution in [0.5, 0.6) is 0 Å². The predicted octanol–water partition coefficient (Wildman–Crippen LogP) is 2.10. The highest BCUT2D eigenvalue weighted by Gasteiger charge is 2.25. The van der Waals surface area contributed by atoms with Crippen molar-refractivity contribution in [3.8, 4) is 0 Å². The van der Waals surface area contributed by atoms with Crippen LogP contribution in [0.1, 0.15) is 29.7 Å². The fourth-order valence-electron chi connectivity index (χ4n) is 3.54. The lowest BCUT2D eigenvalue weighted by molar-refractivity contribution is 0.275. The molecular weight excluding hydrogens is 286 g/mol. The van der Waals surface area contributed by atoms with E-state index < -0.39 is 0 Å². The van der Waals surface area contributed by atoms with Crippen LogP contribution in [0.4, 0.5) is 0 Å². The molecule has 0 saturated heterocycles. The Balaban J connectivity index is 1.60. The van der Waals surface area contributed by atoms with Crippen LogP contribution in [0.25, 0.3) is 0 Å². The molecule has 120 valence electrons. The monoisotopic (exact) mass is 309 g/mol. The summed E-state index contributed by atoms with van der Waals surface area (Å²) in [4.78, 5) is 19.2. The number of rotatable bonds is 4. The zero-order valence-electron chi connectivity index (χ0n) is 13.4. The Morgan fingerprint density at radius 1 is 1.13 bits per heavy atom. The van der Waals surface area contributed by atoms with E-state index >= 15 is 0 Å². The molecule has 1 aliphatic heterocycles. The van der Waals surface area contributed by atoms with Crippen molar-refractivity contribution in [1.82, 2.24) is 14.5 Å². The van der Waals surface area contributed by atoms with Crippen molar-refractivity contribution < 1.29 is 0 Å². The lowest BCUT2D eigenvalue weighted by Gasteiger charge is -2.19. The molecule has 1 saturated carbocycles. The molecule has 0 aromatic carbocycles. The second-order valence-electron chi connectivity index (χ2n) is 6.83. The Bertz CT molecular complexity index is 734. The fourth-order valence-corrected chi connectivity index (χ4v) is 3.54. The summed E-state index contributed by atoms with van der Waals surface area (Å²) in [6, 6.07) is 7.73. The van der Waals surface area contributed by atoms with Crippen LogP contribution in [-0.2, 0) is 19.4 Å². The Morgan fingerprint density at radius 2 is 2.00 bits per heavy atom. The maximum Gasteiger partial charge on any atom is 0.251 e. The van der Waals surface area contributed by atoms with Crippen LogP contribution in [0.3, 0.4) is 0 Å². The smallest absolute Gasteiger partial charge is 0.251 e. The topological polar surface area (TPSA) is 38.1 Å². The molecule has 4 heteroatoms. The third-order valence-electron chi connectivity index (χ3n) is 5.03. The van der Waals surface area contributed by atoms with E-state index in [1.54, 1.807) is 12.3 Å². The molecule has 0 radical (unpaired) electrons. The van der Waals surface area contributed by atoms with E-state index in [4.69, 9.17) is 0 Å². The summed E-state index contributed by atoms with van der Waals surface area (Å²) in [5.74, 6) is 0.925. The van der Waals surface area contributed by atoms with Crippen molar-refractivity contribution in [2.24, 2.45) is 5.92 Å². The van der Waals surface area contributed by atoms with E-state index in [2.05, 4.69) is 9.88 Å². The molecule has 23 heavy (non-hydrogen) atoms. The van der Waals surface area contributed by atoms with Crippen LogP contribution in [0, 0.1) is 5.92 Å². The summed E-state index contributed by atoms with van der Waals surface area (Å²) in [6.07, 6.45) is 8.44. The molecule has 4 rings (SSSR count). The molecule has 2 aromatic rings. The Labute approximate surface area is 136 Å². The number of hydrogen-bond donors (Lipinski definition) is 0. The molecule has 1 fully saturated rings. The summed E-state index contributed by atoms with van der Waals surface area (Å²) in [5.41, 5.74) is 3.75. The predicted molar refractivity (Wildman–Crippen MR) is 90.6 cm³/mol. The largest absolute Gasteiger partial charge is 0.308 e. The Morgan fingerprint density at radius 3 is 2.78 bits per heavy atom. The molecule has 0 spiro atoms.